The van der Waals surface area contributed by atoms with Crippen molar-refractivity contribution in [2.24, 2.45) is 7.05 Å². The van der Waals surface area contributed by atoms with E-state index in [-0.39, 0.29) is 5.91 Å². The summed E-state index contributed by atoms with van der Waals surface area (Å²) in [7, 11) is 3.78. The summed E-state index contributed by atoms with van der Waals surface area (Å²) in [5.74, 6) is 0.497. The van der Waals surface area contributed by atoms with E-state index in [9.17, 15) is 4.79 Å². The number of hydrogen-bond donors (Lipinski definition) is 1. The second kappa shape index (κ2) is 7.21. The molecule has 0 fully saturated rings. The highest BCUT2D eigenvalue weighted by atomic mass is 32.2. The standard InChI is InChI=1S/C16H23N5OS/c1-20-9-8-17-16(20)23-11-15(22)21(2)10-14-12-6-4-3-5-7-13(12)18-19-14/h8-9H,3-7,10-11H2,1-2H3,(H,18,19). The van der Waals surface area contributed by atoms with Crippen molar-refractivity contribution < 1.29 is 4.79 Å². The SMILES string of the molecule is CN(Cc1n[nH]c2c1CCCCC2)C(=O)CSc1nccn1C. The van der Waals surface area contributed by atoms with Gasteiger partial charge in [-0.3, -0.25) is 9.89 Å². The lowest BCUT2D eigenvalue weighted by Crippen LogP contribution is -2.28. The molecule has 1 amide bonds. The number of thioether (sulfide) groups is 1. The first-order valence-electron chi connectivity index (χ1n) is 8.04. The zero-order valence-corrected chi connectivity index (χ0v) is 14.5. The van der Waals surface area contributed by atoms with Gasteiger partial charge in [-0.1, -0.05) is 18.2 Å². The van der Waals surface area contributed by atoms with Crippen molar-refractivity contribution in [3.8, 4) is 0 Å². The van der Waals surface area contributed by atoms with Gasteiger partial charge < -0.3 is 9.47 Å². The van der Waals surface area contributed by atoms with Crippen LogP contribution in [0.2, 0.25) is 0 Å². The van der Waals surface area contributed by atoms with Crippen LogP contribution in [0.1, 0.15) is 36.2 Å². The van der Waals surface area contributed by atoms with Crippen LogP contribution in [0.4, 0.5) is 0 Å². The number of hydrogen-bond acceptors (Lipinski definition) is 4. The third-order valence-corrected chi connectivity index (χ3v) is 5.35. The molecule has 0 unspecified atom stereocenters. The Kier molecular flexibility index (Phi) is 5.05. The Morgan fingerprint density at radius 3 is 3.00 bits per heavy atom. The minimum Gasteiger partial charge on any atom is -0.339 e. The van der Waals surface area contributed by atoms with Gasteiger partial charge in [-0.25, -0.2) is 4.98 Å². The Bertz CT molecular complexity index is 678. The highest BCUT2D eigenvalue weighted by Gasteiger charge is 2.19. The first-order valence-corrected chi connectivity index (χ1v) is 9.03. The molecular weight excluding hydrogens is 310 g/mol. The summed E-state index contributed by atoms with van der Waals surface area (Å²) < 4.78 is 1.92. The van der Waals surface area contributed by atoms with E-state index in [0.29, 0.717) is 12.3 Å². The van der Waals surface area contributed by atoms with E-state index in [1.165, 1.54) is 42.3 Å². The van der Waals surface area contributed by atoms with E-state index < -0.39 is 0 Å². The predicted octanol–water partition coefficient (Wildman–Crippen LogP) is 2.16. The van der Waals surface area contributed by atoms with Crippen LogP contribution in [0.15, 0.2) is 17.6 Å². The summed E-state index contributed by atoms with van der Waals surface area (Å²) >= 11 is 1.47. The summed E-state index contributed by atoms with van der Waals surface area (Å²) in [6.07, 6.45) is 9.50. The predicted molar refractivity (Wildman–Crippen MR) is 90.3 cm³/mol. The number of carbonyl (C=O) groups is 1. The number of nitrogens with zero attached hydrogens (tertiary/aromatic N) is 4. The van der Waals surface area contributed by atoms with Crippen molar-refractivity contribution in [1.82, 2.24) is 24.6 Å². The third kappa shape index (κ3) is 3.77. The molecule has 1 N–H and O–H groups in total. The second-order valence-corrected chi connectivity index (χ2v) is 6.99. The Hall–Kier alpha value is -1.76. The van der Waals surface area contributed by atoms with Crippen LogP contribution < -0.4 is 0 Å². The quantitative estimate of drug-likeness (QED) is 0.673. The molecule has 0 aromatic carbocycles. The summed E-state index contributed by atoms with van der Waals surface area (Å²) in [5.41, 5.74) is 3.62. The number of H-pyrrole nitrogens is 1. The molecule has 0 saturated carbocycles. The molecular formula is C16H23N5OS. The van der Waals surface area contributed by atoms with Gasteiger partial charge in [0.15, 0.2) is 5.16 Å². The molecule has 0 atom stereocenters. The van der Waals surface area contributed by atoms with E-state index >= 15 is 0 Å². The number of carbonyl (C=O) groups excluding carboxylic acids is 1. The molecule has 124 valence electrons. The van der Waals surface area contributed by atoms with Gasteiger partial charge in [0.1, 0.15) is 0 Å². The van der Waals surface area contributed by atoms with Crippen LogP contribution >= 0.6 is 11.8 Å². The molecule has 0 aliphatic heterocycles. The van der Waals surface area contributed by atoms with Crippen LogP contribution in [0.25, 0.3) is 0 Å². The fourth-order valence-electron chi connectivity index (χ4n) is 2.90. The van der Waals surface area contributed by atoms with E-state index in [0.717, 1.165) is 23.7 Å². The van der Waals surface area contributed by atoms with Gasteiger partial charge in [0.25, 0.3) is 0 Å². The maximum Gasteiger partial charge on any atom is 0.233 e. The molecule has 3 rings (SSSR count). The molecule has 1 aliphatic carbocycles. The largest absolute Gasteiger partial charge is 0.339 e. The maximum atomic E-state index is 12.3. The first kappa shape index (κ1) is 16.1. The molecule has 1 aliphatic rings. The van der Waals surface area contributed by atoms with Crippen molar-refractivity contribution in [1.29, 1.82) is 0 Å². The maximum absolute atomic E-state index is 12.3. The van der Waals surface area contributed by atoms with Crippen LogP contribution in [0.3, 0.4) is 0 Å². The summed E-state index contributed by atoms with van der Waals surface area (Å²) in [6, 6.07) is 0. The second-order valence-electron chi connectivity index (χ2n) is 6.05. The summed E-state index contributed by atoms with van der Waals surface area (Å²) in [6.45, 7) is 0.575. The Labute approximate surface area is 140 Å². The van der Waals surface area contributed by atoms with Gasteiger partial charge in [-0.15, -0.1) is 0 Å². The molecule has 0 bridgehead atoms. The molecule has 2 aromatic rings. The number of amides is 1. The number of aromatic amines is 1. The van der Waals surface area contributed by atoms with E-state index in [1.807, 2.05) is 24.9 Å². The van der Waals surface area contributed by atoms with Crippen molar-refractivity contribution in [2.45, 2.75) is 43.8 Å². The van der Waals surface area contributed by atoms with E-state index in [1.54, 1.807) is 11.1 Å². The highest BCUT2D eigenvalue weighted by Crippen LogP contribution is 2.22. The fourth-order valence-corrected chi connectivity index (χ4v) is 3.77. The van der Waals surface area contributed by atoms with Gasteiger partial charge >= 0.3 is 0 Å². The van der Waals surface area contributed by atoms with Crippen molar-refractivity contribution >= 4 is 17.7 Å². The normalized spacial score (nSPS) is 14.3. The van der Waals surface area contributed by atoms with Crippen molar-refractivity contribution in [2.75, 3.05) is 12.8 Å². The number of aromatic nitrogens is 4. The van der Waals surface area contributed by atoms with Crippen molar-refractivity contribution in [3.63, 3.8) is 0 Å². The molecule has 2 aromatic heterocycles. The van der Waals surface area contributed by atoms with E-state index in [4.69, 9.17) is 0 Å². The van der Waals surface area contributed by atoms with E-state index in [2.05, 4.69) is 15.2 Å². The highest BCUT2D eigenvalue weighted by molar-refractivity contribution is 7.99. The monoisotopic (exact) mass is 333 g/mol. The van der Waals surface area contributed by atoms with Gasteiger partial charge in [0.2, 0.25) is 5.91 Å². The molecule has 7 heteroatoms. The van der Waals surface area contributed by atoms with Crippen LogP contribution in [0.5, 0.6) is 0 Å². The number of fused-ring (bicyclic) bond motifs is 1. The number of rotatable bonds is 5. The Morgan fingerprint density at radius 1 is 1.39 bits per heavy atom. The van der Waals surface area contributed by atoms with Gasteiger partial charge in [-0.05, 0) is 31.2 Å². The van der Waals surface area contributed by atoms with Gasteiger partial charge in [-0.2, -0.15) is 5.10 Å². The fraction of sp³-hybridized carbons (Fsp3) is 0.562. The average Bonchev–Trinajstić information content (AvgIpc) is 3.03. The molecule has 0 saturated heterocycles. The van der Waals surface area contributed by atoms with Gasteiger partial charge in [0, 0.05) is 32.2 Å². The molecule has 6 nitrogen and oxygen atoms in total. The average molecular weight is 333 g/mol. The third-order valence-electron chi connectivity index (χ3n) is 4.31. The van der Waals surface area contributed by atoms with Crippen LogP contribution in [0, 0.1) is 0 Å². The Balaban J connectivity index is 1.58. The Morgan fingerprint density at radius 2 is 2.22 bits per heavy atom. The smallest absolute Gasteiger partial charge is 0.233 e. The molecule has 0 spiro atoms. The van der Waals surface area contributed by atoms with Crippen molar-refractivity contribution in [3.05, 3.63) is 29.3 Å². The topological polar surface area (TPSA) is 66.8 Å². The first-order chi connectivity index (χ1) is 11.1. The molecule has 0 radical (unpaired) electrons. The minimum atomic E-state index is 0.100. The molecule has 2 heterocycles. The number of imidazole rings is 1. The minimum absolute atomic E-state index is 0.100. The zero-order valence-electron chi connectivity index (χ0n) is 13.7. The van der Waals surface area contributed by atoms with Crippen LogP contribution in [-0.2, 0) is 31.2 Å². The van der Waals surface area contributed by atoms with Crippen LogP contribution in [-0.4, -0.2) is 43.4 Å². The number of nitrogens with one attached hydrogen (secondary N) is 1. The molecule has 23 heavy (non-hydrogen) atoms. The lowest BCUT2D eigenvalue weighted by molar-refractivity contribution is -0.127. The lowest BCUT2D eigenvalue weighted by atomic mass is 10.1. The summed E-state index contributed by atoms with van der Waals surface area (Å²) in [4.78, 5) is 18.3. The number of aryl methyl sites for hydroxylation is 2. The summed E-state index contributed by atoms with van der Waals surface area (Å²) in [5, 5.41) is 8.47. The lowest BCUT2D eigenvalue weighted by Gasteiger charge is -2.16. The zero-order chi connectivity index (χ0) is 16.2. The van der Waals surface area contributed by atoms with Gasteiger partial charge in [0.05, 0.1) is 18.0 Å².